The molecule has 0 unspecified atom stereocenters. The maximum atomic E-state index is 12.7. The largest absolute Gasteiger partial charge is 0.416 e. The van der Waals surface area contributed by atoms with Crippen molar-refractivity contribution in [3.8, 4) is 5.82 Å². The van der Waals surface area contributed by atoms with Crippen LogP contribution in [-0.4, -0.2) is 19.7 Å². The number of alkyl halides is 3. The SMILES string of the molecule is FC(F)(F)c1cccc(CSc2ccc(-n3ccnc3)nn2)c1. The Labute approximate surface area is 134 Å². The van der Waals surface area contributed by atoms with Crippen LogP contribution >= 0.6 is 11.8 Å². The molecular weight excluding hydrogens is 325 g/mol. The van der Waals surface area contributed by atoms with Gasteiger partial charge in [0, 0.05) is 18.1 Å². The van der Waals surface area contributed by atoms with Gasteiger partial charge in [-0.3, -0.25) is 4.57 Å². The number of halogens is 3. The summed E-state index contributed by atoms with van der Waals surface area (Å²) in [5.41, 5.74) is -0.0533. The summed E-state index contributed by atoms with van der Waals surface area (Å²) in [5, 5.41) is 8.77. The lowest BCUT2D eigenvalue weighted by atomic mass is 10.1. The van der Waals surface area contributed by atoms with Crippen molar-refractivity contribution in [3.63, 3.8) is 0 Å². The molecule has 0 atom stereocenters. The van der Waals surface area contributed by atoms with Crippen LogP contribution in [0.15, 0.2) is 60.1 Å². The molecule has 23 heavy (non-hydrogen) atoms. The summed E-state index contributed by atoms with van der Waals surface area (Å²) in [6.07, 6.45) is 0.670. The van der Waals surface area contributed by atoms with Crippen molar-refractivity contribution >= 4 is 11.8 Å². The third kappa shape index (κ3) is 3.89. The van der Waals surface area contributed by atoms with Gasteiger partial charge in [0.25, 0.3) is 0 Å². The normalized spacial score (nSPS) is 11.6. The van der Waals surface area contributed by atoms with E-state index in [1.807, 2.05) is 0 Å². The Morgan fingerprint density at radius 1 is 1.09 bits per heavy atom. The van der Waals surface area contributed by atoms with Gasteiger partial charge in [-0.15, -0.1) is 10.2 Å². The number of imidazole rings is 1. The van der Waals surface area contributed by atoms with Crippen LogP contribution in [0.1, 0.15) is 11.1 Å². The lowest BCUT2D eigenvalue weighted by Gasteiger charge is -2.08. The first-order valence-electron chi connectivity index (χ1n) is 6.63. The number of hydrogen-bond donors (Lipinski definition) is 0. The molecule has 0 bridgehead atoms. The van der Waals surface area contributed by atoms with Crippen LogP contribution < -0.4 is 0 Å². The lowest BCUT2D eigenvalue weighted by molar-refractivity contribution is -0.137. The molecule has 8 heteroatoms. The second-order valence-corrected chi connectivity index (χ2v) is 5.68. The average molecular weight is 336 g/mol. The van der Waals surface area contributed by atoms with Gasteiger partial charge in [-0.25, -0.2) is 4.98 Å². The molecule has 1 aromatic carbocycles. The Hall–Kier alpha value is -2.35. The predicted octanol–water partition coefficient (Wildman–Crippen LogP) is 3.97. The van der Waals surface area contributed by atoms with Crippen LogP contribution in [0.4, 0.5) is 13.2 Å². The van der Waals surface area contributed by atoms with Crippen LogP contribution in [-0.2, 0) is 11.9 Å². The van der Waals surface area contributed by atoms with E-state index in [0.29, 0.717) is 22.2 Å². The van der Waals surface area contributed by atoms with E-state index >= 15 is 0 Å². The standard InChI is InChI=1S/C15H11F3N4S/c16-15(17,18)12-3-1-2-11(8-12)9-23-14-5-4-13(20-21-14)22-7-6-19-10-22/h1-8,10H,9H2. The van der Waals surface area contributed by atoms with Crippen molar-refractivity contribution in [1.82, 2.24) is 19.7 Å². The Morgan fingerprint density at radius 2 is 1.96 bits per heavy atom. The number of thioether (sulfide) groups is 1. The Bertz CT molecular complexity index is 770. The minimum Gasteiger partial charge on any atom is -0.289 e. The Kier molecular flexibility index (Phi) is 4.33. The van der Waals surface area contributed by atoms with Crippen molar-refractivity contribution in [2.75, 3.05) is 0 Å². The van der Waals surface area contributed by atoms with Gasteiger partial charge in [-0.2, -0.15) is 13.2 Å². The van der Waals surface area contributed by atoms with Crippen molar-refractivity contribution in [2.24, 2.45) is 0 Å². The van der Waals surface area contributed by atoms with Crippen LogP contribution in [0.3, 0.4) is 0 Å². The molecule has 0 saturated heterocycles. The molecule has 0 aliphatic heterocycles. The highest BCUT2D eigenvalue weighted by Crippen LogP contribution is 2.30. The summed E-state index contributed by atoms with van der Waals surface area (Å²) in [6.45, 7) is 0. The first-order valence-corrected chi connectivity index (χ1v) is 7.62. The third-order valence-corrected chi connectivity index (χ3v) is 4.03. The van der Waals surface area contributed by atoms with E-state index in [1.54, 1.807) is 41.5 Å². The van der Waals surface area contributed by atoms with Crippen LogP contribution in [0.5, 0.6) is 0 Å². The molecule has 0 aliphatic rings. The molecule has 0 radical (unpaired) electrons. The summed E-state index contributed by atoms with van der Waals surface area (Å²) < 4.78 is 39.7. The fraction of sp³-hybridized carbons (Fsp3) is 0.133. The lowest BCUT2D eigenvalue weighted by Crippen LogP contribution is -2.04. The Morgan fingerprint density at radius 3 is 2.61 bits per heavy atom. The maximum absolute atomic E-state index is 12.7. The van der Waals surface area contributed by atoms with E-state index in [4.69, 9.17) is 0 Å². The van der Waals surface area contributed by atoms with E-state index in [9.17, 15) is 13.2 Å². The highest BCUT2D eigenvalue weighted by molar-refractivity contribution is 7.98. The monoisotopic (exact) mass is 336 g/mol. The van der Waals surface area contributed by atoms with Crippen molar-refractivity contribution < 1.29 is 13.2 Å². The van der Waals surface area contributed by atoms with E-state index in [-0.39, 0.29) is 0 Å². The topological polar surface area (TPSA) is 43.6 Å². The van der Waals surface area contributed by atoms with Gasteiger partial charge in [0.05, 0.1) is 5.56 Å². The molecule has 2 aromatic heterocycles. The van der Waals surface area contributed by atoms with E-state index in [1.165, 1.54) is 17.8 Å². The second kappa shape index (κ2) is 6.41. The molecular formula is C15H11F3N4S. The van der Waals surface area contributed by atoms with Crippen LogP contribution in [0.25, 0.3) is 5.82 Å². The first-order chi connectivity index (χ1) is 11.0. The molecule has 3 rings (SSSR count). The molecule has 0 amide bonds. The number of nitrogens with zero attached hydrogens (tertiary/aromatic N) is 4. The zero-order valence-electron chi connectivity index (χ0n) is 11.7. The Balaban J connectivity index is 1.67. The molecule has 0 N–H and O–H groups in total. The quantitative estimate of drug-likeness (QED) is 0.676. The van der Waals surface area contributed by atoms with E-state index < -0.39 is 11.7 Å². The molecule has 118 valence electrons. The molecule has 4 nitrogen and oxygen atoms in total. The van der Waals surface area contributed by atoms with Crippen molar-refractivity contribution in [3.05, 3.63) is 66.2 Å². The molecule has 3 aromatic rings. The fourth-order valence-corrected chi connectivity index (χ4v) is 2.67. The van der Waals surface area contributed by atoms with Gasteiger partial charge in [0.2, 0.25) is 0 Å². The zero-order valence-corrected chi connectivity index (χ0v) is 12.6. The zero-order chi connectivity index (χ0) is 16.3. The molecule has 0 aliphatic carbocycles. The summed E-state index contributed by atoms with van der Waals surface area (Å²) in [6, 6.07) is 8.85. The van der Waals surface area contributed by atoms with Gasteiger partial charge in [-0.05, 0) is 23.8 Å². The number of aromatic nitrogens is 4. The van der Waals surface area contributed by atoms with Crippen molar-refractivity contribution in [2.45, 2.75) is 17.0 Å². The minimum absolute atomic E-state index is 0.392. The van der Waals surface area contributed by atoms with Gasteiger partial charge in [0.1, 0.15) is 11.4 Å². The summed E-state index contributed by atoms with van der Waals surface area (Å²) in [4.78, 5) is 3.92. The highest BCUT2D eigenvalue weighted by Gasteiger charge is 2.30. The maximum Gasteiger partial charge on any atom is 0.416 e. The number of hydrogen-bond acceptors (Lipinski definition) is 4. The van der Waals surface area contributed by atoms with Gasteiger partial charge >= 0.3 is 6.18 Å². The summed E-state index contributed by atoms with van der Waals surface area (Å²) >= 11 is 1.33. The van der Waals surface area contributed by atoms with Gasteiger partial charge < -0.3 is 0 Å². The number of benzene rings is 1. The van der Waals surface area contributed by atoms with Crippen molar-refractivity contribution in [1.29, 1.82) is 0 Å². The first kappa shape index (κ1) is 15.5. The average Bonchev–Trinajstić information content (AvgIpc) is 3.07. The summed E-state index contributed by atoms with van der Waals surface area (Å²) in [7, 11) is 0. The second-order valence-electron chi connectivity index (χ2n) is 4.69. The molecule has 2 heterocycles. The molecule has 0 saturated carbocycles. The van der Waals surface area contributed by atoms with Gasteiger partial charge in [-0.1, -0.05) is 30.0 Å². The summed E-state index contributed by atoms with van der Waals surface area (Å²) in [5.74, 6) is 1.02. The predicted molar refractivity (Wildman–Crippen MR) is 80.2 cm³/mol. The van der Waals surface area contributed by atoms with E-state index in [2.05, 4.69) is 15.2 Å². The number of rotatable bonds is 4. The molecule has 0 fully saturated rings. The highest BCUT2D eigenvalue weighted by atomic mass is 32.2. The van der Waals surface area contributed by atoms with E-state index in [0.717, 1.165) is 12.1 Å². The third-order valence-electron chi connectivity index (χ3n) is 3.04. The van der Waals surface area contributed by atoms with Crippen LogP contribution in [0.2, 0.25) is 0 Å². The van der Waals surface area contributed by atoms with Crippen LogP contribution in [0, 0.1) is 0 Å². The minimum atomic E-state index is -4.33. The smallest absolute Gasteiger partial charge is 0.289 e. The fourth-order valence-electron chi connectivity index (χ4n) is 1.92. The van der Waals surface area contributed by atoms with Gasteiger partial charge in [0.15, 0.2) is 5.82 Å². The molecule has 0 spiro atoms.